The molecule has 3 atom stereocenters. The van der Waals surface area contributed by atoms with Crippen LogP contribution in [0, 0.1) is 11.7 Å². The molecule has 2 aliphatic rings. The van der Waals surface area contributed by atoms with E-state index < -0.39 is 71.2 Å². The Morgan fingerprint density at radius 1 is 0.952 bits per heavy atom. The van der Waals surface area contributed by atoms with E-state index in [4.69, 9.17) is 9.72 Å². The van der Waals surface area contributed by atoms with Gasteiger partial charge in [-0.05, 0) is 48.9 Å². The van der Waals surface area contributed by atoms with Gasteiger partial charge in [0.1, 0.15) is 24.5 Å². The molecule has 2 aromatic heterocycles. The minimum absolute atomic E-state index is 0.00713. The Labute approximate surface area is 362 Å². The predicted molar refractivity (Wildman–Crippen MR) is 228 cm³/mol. The number of fused-ring (bicyclic) bond motifs is 5. The summed E-state index contributed by atoms with van der Waals surface area (Å²) in [5.74, 6) is -5.50. The van der Waals surface area contributed by atoms with Crippen molar-refractivity contribution in [2.24, 2.45) is 5.92 Å². The zero-order valence-corrected chi connectivity index (χ0v) is 35.8. The second-order valence-corrected chi connectivity index (χ2v) is 16.2. The van der Waals surface area contributed by atoms with E-state index in [0.717, 1.165) is 17.2 Å². The molecule has 0 fully saturated rings. The number of benzene rings is 2. The fourth-order valence-electron chi connectivity index (χ4n) is 7.97. The number of anilines is 1. The molecule has 0 radical (unpaired) electrons. The maximum absolute atomic E-state index is 15.6. The van der Waals surface area contributed by atoms with Gasteiger partial charge in [-0.3, -0.25) is 33.7 Å². The van der Waals surface area contributed by atoms with Gasteiger partial charge in [0.15, 0.2) is 5.60 Å². The lowest BCUT2D eigenvalue weighted by Gasteiger charge is -2.31. The highest BCUT2D eigenvalue weighted by Crippen LogP contribution is 2.41. The van der Waals surface area contributed by atoms with Crippen molar-refractivity contribution in [1.29, 1.82) is 0 Å². The number of aliphatic hydroxyl groups is 1. The summed E-state index contributed by atoms with van der Waals surface area (Å²) in [6.07, 6.45) is 0.321. The normalized spacial score (nSPS) is 16.1. The van der Waals surface area contributed by atoms with Crippen LogP contribution in [0.5, 0.6) is 0 Å². The second-order valence-electron chi connectivity index (χ2n) is 16.2. The number of ether oxygens (including phenoxy) is 1. The summed E-state index contributed by atoms with van der Waals surface area (Å²) in [5, 5.41) is 31.1. The number of pyridine rings is 2. The molecule has 2 aromatic carbocycles. The first-order chi connectivity index (χ1) is 29.9. The van der Waals surface area contributed by atoms with Gasteiger partial charge >= 0.3 is 11.9 Å². The van der Waals surface area contributed by atoms with Crippen LogP contribution in [0.15, 0.2) is 53.3 Å². The molecule has 0 bridgehead atoms. The molecule has 4 heterocycles. The number of carbonyl (C=O) groups excluding carboxylic acids is 5. The maximum Gasteiger partial charge on any atom is 0.343 e. The van der Waals surface area contributed by atoms with Gasteiger partial charge in [0.25, 0.3) is 5.56 Å². The number of aromatic nitrogens is 2. The molecule has 0 saturated carbocycles. The molecule has 0 aliphatic carbocycles. The molecular formula is C45H52FN7O10. The quantitative estimate of drug-likeness (QED) is 0.0698. The minimum Gasteiger partial charge on any atom is -0.481 e. The number of hydrogen-bond donors (Lipinski definition) is 6. The van der Waals surface area contributed by atoms with E-state index in [9.17, 15) is 43.8 Å². The molecule has 6 rings (SSSR count). The summed E-state index contributed by atoms with van der Waals surface area (Å²) in [5.41, 5.74) is 1.16. The summed E-state index contributed by atoms with van der Waals surface area (Å²) >= 11 is 0. The van der Waals surface area contributed by atoms with Crippen LogP contribution in [0.3, 0.4) is 0 Å². The van der Waals surface area contributed by atoms with Crippen molar-refractivity contribution in [1.82, 2.24) is 30.4 Å². The Morgan fingerprint density at radius 2 is 1.67 bits per heavy atom. The van der Waals surface area contributed by atoms with Crippen LogP contribution in [0.1, 0.15) is 81.7 Å². The van der Waals surface area contributed by atoms with Crippen molar-refractivity contribution < 1.29 is 48.1 Å². The average Bonchev–Trinajstić information content (AvgIpc) is 3.62. The summed E-state index contributed by atoms with van der Waals surface area (Å²) in [4.78, 5) is 96.4. The molecule has 6 N–H and O–H groups in total. The summed E-state index contributed by atoms with van der Waals surface area (Å²) in [7, 11) is 0. The fourth-order valence-corrected chi connectivity index (χ4v) is 7.97. The van der Waals surface area contributed by atoms with Crippen LogP contribution in [0.4, 0.5) is 10.1 Å². The van der Waals surface area contributed by atoms with Crippen molar-refractivity contribution in [3.63, 3.8) is 0 Å². The number of aryl methyl sites for hydroxylation is 1. The number of halogens is 1. The molecule has 4 amide bonds. The van der Waals surface area contributed by atoms with Crippen LogP contribution in [0.25, 0.3) is 22.3 Å². The van der Waals surface area contributed by atoms with Gasteiger partial charge in [-0.2, -0.15) is 0 Å². The number of nitrogens with one attached hydrogen (secondary N) is 4. The van der Waals surface area contributed by atoms with Crippen molar-refractivity contribution in [2.45, 2.75) is 97.7 Å². The maximum atomic E-state index is 15.6. The third kappa shape index (κ3) is 9.92. The van der Waals surface area contributed by atoms with E-state index in [1.54, 1.807) is 26.8 Å². The predicted octanol–water partition coefficient (Wildman–Crippen LogP) is 2.85. The zero-order chi connectivity index (χ0) is 45.7. The van der Waals surface area contributed by atoms with Crippen molar-refractivity contribution in [3.8, 4) is 11.4 Å². The first-order valence-corrected chi connectivity index (χ1v) is 20.9. The molecule has 2 aliphatic heterocycles. The third-order valence-corrected chi connectivity index (χ3v) is 11.5. The zero-order valence-electron chi connectivity index (χ0n) is 35.8. The number of aliphatic carboxylic acids is 1. The van der Waals surface area contributed by atoms with Gasteiger partial charge in [-0.1, -0.05) is 58.0 Å². The van der Waals surface area contributed by atoms with Gasteiger partial charge in [-0.25, -0.2) is 14.2 Å². The first-order valence-electron chi connectivity index (χ1n) is 20.9. The van der Waals surface area contributed by atoms with Gasteiger partial charge in [0.05, 0.1) is 47.7 Å². The Bertz CT molecular complexity index is 2530. The highest BCUT2D eigenvalue weighted by molar-refractivity contribution is 5.99. The minimum atomic E-state index is -2.00. The molecule has 18 heteroatoms. The molecule has 17 nitrogen and oxygen atoms in total. The van der Waals surface area contributed by atoms with E-state index in [0.29, 0.717) is 35.3 Å². The number of hydrogen-bond acceptors (Lipinski definition) is 11. The largest absolute Gasteiger partial charge is 0.481 e. The number of amides is 4. The van der Waals surface area contributed by atoms with Crippen LogP contribution in [-0.2, 0) is 65.2 Å². The number of carboxylic acid groups (broad SMARTS) is 1. The molecule has 334 valence electrons. The molecule has 4 aromatic rings. The number of cyclic esters (lactones) is 1. The molecule has 0 spiro atoms. The summed E-state index contributed by atoms with van der Waals surface area (Å²) in [6, 6.07) is 11.5. The monoisotopic (exact) mass is 869 g/mol. The molecule has 0 unspecified atom stereocenters. The number of esters is 1. The van der Waals surface area contributed by atoms with Crippen LogP contribution in [0.2, 0.25) is 0 Å². The summed E-state index contributed by atoms with van der Waals surface area (Å²) < 4.78 is 22.2. The standard InChI is InChI=1S/C45H52FN7O10/c1-6-27-28-17-34(32(46)19-33(28)50-40-29(27)22-53-35(40)18-31-30(43(53)60)23-63-44(61)45(31,62)7-2)49-37(55)20-47-41(58)25(5)48-42(59)39(24(3)4)51-36(54)13-15-52(16-14-38(56)57)21-26-11-9-8-10-12-26/h8-12,17-19,24-25,39,62H,6-7,13-16,20-23H2,1-5H3,(H,47,58)(H,48,59)(H,49,55)(H,51,54)(H,56,57)/t25-,39-,45-/m0/s1. The van der Waals surface area contributed by atoms with Crippen LogP contribution >= 0.6 is 0 Å². The van der Waals surface area contributed by atoms with E-state index in [-0.39, 0.29) is 73.8 Å². The van der Waals surface area contributed by atoms with Gasteiger partial charge in [-0.15, -0.1) is 0 Å². The molecular weight excluding hydrogens is 818 g/mol. The average molecular weight is 870 g/mol. The Hall–Kier alpha value is -6.53. The lowest BCUT2D eigenvalue weighted by atomic mass is 9.86. The van der Waals surface area contributed by atoms with Crippen molar-refractivity contribution in [2.75, 3.05) is 25.0 Å². The Balaban J connectivity index is 1.06. The van der Waals surface area contributed by atoms with Crippen molar-refractivity contribution in [3.05, 3.63) is 92.5 Å². The van der Waals surface area contributed by atoms with Gasteiger partial charge in [0.2, 0.25) is 23.6 Å². The highest BCUT2D eigenvalue weighted by Gasteiger charge is 2.45. The lowest BCUT2D eigenvalue weighted by Crippen LogP contribution is -2.55. The van der Waals surface area contributed by atoms with Gasteiger partial charge < -0.3 is 40.8 Å². The number of carboxylic acids is 1. The molecule has 63 heavy (non-hydrogen) atoms. The van der Waals surface area contributed by atoms with Crippen molar-refractivity contribution >= 4 is 52.2 Å². The first kappa shape index (κ1) is 46.0. The number of nitrogens with zero attached hydrogens (tertiary/aromatic N) is 3. The SMILES string of the molecule is CCc1c2c(nc3cc(F)c(NC(=O)CNC(=O)[C@H](C)NC(=O)[C@@H](NC(=O)CCN(CCC(=O)O)Cc4ccccc4)C(C)C)cc13)-c1cc3c(c(=O)n1C2)COC(=O)[C@]3(O)CC. The van der Waals surface area contributed by atoms with E-state index >= 15 is 4.39 Å². The number of carbonyl (C=O) groups is 6. The highest BCUT2D eigenvalue weighted by atomic mass is 19.1. The van der Waals surface area contributed by atoms with E-state index in [1.807, 2.05) is 42.2 Å². The number of rotatable bonds is 18. The smallest absolute Gasteiger partial charge is 0.343 e. The van der Waals surface area contributed by atoms with E-state index in [2.05, 4.69) is 21.3 Å². The van der Waals surface area contributed by atoms with E-state index in [1.165, 1.54) is 17.6 Å². The van der Waals surface area contributed by atoms with Crippen LogP contribution < -0.4 is 26.8 Å². The van der Waals surface area contributed by atoms with Crippen LogP contribution in [-0.4, -0.2) is 91.9 Å². The second kappa shape index (κ2) is 19.2. The summed E-state index contributed by atoms with van der Waals surface area (Å²) in [6.45, 7) is 8.56. The fraction of sp³-hybridized carbons (Fsp3) is 0.422. The Kier molecular flexibility index (Phi) is 14.0. The van der Waals surface area contributed by atoms with Gasteiger partial charge in [0, 0.05) is 48.6 Å². The lowest BCUT2D eigenvalue weighted by molar-refractivity contribution is -0.172. The Morgan fingerprint density at radius 3 is 2.33 bits per heavy atom. The third-order valence-electron chi connectivity index (χ3n) is 11.5. The topological polar surface area (TPSA) is 238 Å². The molecule has 0 saturated heterocycles.